The zero-order valence-corrected chi connectivity index (χ0v) is 21.7. The maximum absolute atomic E-state index is 14.7. The van der Waals surface area contributed by atoms with E-state index in [0.29, 0.717) is 17.5 Å². The third kappa shape index (κ3) is 4.41. The van der Waals surface area contributed by atoms with Crippen LogP contribution in [0, 0.1) is 5.82 Å². The number of aromatic amines is 1. The van der Waals surface area contributed by atoms with Crippen molar-refractivity contribution < 1.29 is 27.0 Å². The second-order valence-electron chi connectivity index (χ2n) is 9.31. The average Bonchev–Trinajstić information content (AvgIpc) is 3.36. The summed E-state index contributed by atoms with van der Waals surface area (Å²) >= 11 is 0. The first-order valence-electron chi connectivity index (χ1n) is 11.7. The molecule has 0 spiro atoms. The van der Waals surface area contributed by atoms with Crippen molar-refractivity contribution in [3.8, 4) is 0 Å². The van der Waals surface area contributed by atoms with Gasteiger partial charge in [-0.15, -0.1) is 0 Å². The first-order chi connectivity index (χ1) is 18.4. The number of aromatic nitrogens is 2. The number of para-hydroxylation sites is 2. The van der Waals surface area contributed by atoms with Gasteiger partial charge in [-0.25, -0.2) is 4.39 Å². The molecule has 2 aromatic heterocycles. The summed E-state index contributed by atoms with van der Waals surface area (Å²) in [5.41, 5.74) is 7.57. The Labute approximate surface area is 222 Å². The first kappa shape index (κ1) is 26.0. The number of nitrogen functional groups attached to an aromatic ring is 1. The number of rotatable bonds is 3. The Morgan fingerprint density at radius 2 is 1.64 bits per heavy atom. The number of hydrogen-bond acceptors (Lipinski definition) is 6. The van der Waals surface area contributed by atoms with Crippen LogP contribution in [0.2, 0.25) is 0 Å². The number of halogens is 1. The molecule has 1 aliphatic heterocycles. The summed E-state index contributed by atoms with van der Waals surface area (Å²) in [5.74, 6) is -1.64. The molecule has 0 fully saturated rings. The van der Waals surface area contributed by atoms with Gasteiger partial charge in [0.05, 0.1) is 29.3 Å². The van der Waals surface area contributed by atoms with Crippen LogP contribution in [0.15, 0.2) is 79.0 Å². The lowest BCUT2D eigenvalue weighted by Crippen LogP contribution is -2.43. The fraction of sp³-hybridized carbons (Fsp3) is 0.107. The molecule has 3 aromatic carbocycles. The number of pyridine rings is 1. The summed E-state index contributed by atoms with van der Waals surface area (Å²) in [6.07, 6.45) is 2.31. The molecule has 0 bridgehead atoms. The minimum Gasteiger partial charge on any atom is -0.398 e. The number of anilines is 3. The fourth-order valence-corrected chi connectivity index (χ4v) is 4.94. The van der Waals surface area contributed by atoms with Crippen LogP contribution in [0.5, 0.6) is 0 Å². The third-order valence-corrected chi connectivity index (χ3v) is 6.62. The topological polar surface area (TPSA) is 146 Å². The van der Waals surface area contributed by atoms with Gasteiger partial charge < -0.3 is 10.7 Å². The first-order valence-corrected chi connectivity index (χ1v) is 13.6. The fourth-order valence-electron chi connectivity index (χ4n) is 4.94. The smallest absolute Gasteiger partial charge is 0.261 e. The summed E-state index contributed by atoms with van der Waals surface area (Å²) in [6.45, 7) is 1.54. The molecule has 1 atom stereocenters. The Morgan fingerprint density at radius 3 is 2.36 bits per heavy atom. The molecule has 0 saturated carbocycles. The van der Waals surface area contributed by atoms with Gasteiger partial charge in [-0.05, 0) is 43.3 Å². The lowest BCUT2D eigenvalue weighted by Gasteiger charge is -2.23. The number of Topliss-reactive ketones (excluding diaryl/α,β-unsaturated/α-hetero) is 1. The van der Waals surface area contributed by atoms with Crippen LogP contribution in [-0.4, -0.2) is 40.9 Å². The molecule has 11 heteroatoms. The normalized spacial score (nSPS) is 16.7. The van der Waals surface area contributed by atoms with Crippen LogP contribution in [-0.2, 0) is 20.3 Å². The Kier molecular flexibility index (Phi) is 6.20. The molecule has 198 valence electrons. The summed E-state index contributed by atoms with van der Waals surface area (Å²) in [4.78, 5) is 36.8. The van der Waals surface area contributed by atoms with Crippen LogP contribution in [0.4, 0.5) is 21.5 Å². The Balaban J connectivity index is 0.000000567. The van der Waals surface area contributed by atoms with Crippen molar-refractivity contribution in [3.63, 3.8) is 0 Å². The molecule has 5 aromatic rings. The standard InChI is InChI=1S/C27H19FN4O2.CH4O3S/c1-27(25(33)20-13-16-15-7-2-4-10-19(15)31-21(16)14-30-20)24-18(29)9-6-12-23(24)32(26(27)34)22-11-5-3-8-17(22)28;1-5(2,3)4/h2-14,31H,29H2,1H3;1H3,(H,2,3,4)/t27-;/m1./s1. The van der Waals surface area contributed by atoms with Gasteiger partial charge in [0.25, 0.3) is 10.1 Å². The highest BCUT2D eigenvalue weighted by Crippen LogP contribution is 2.50. The summed E-state index contributed by atoms with van der Waals surface area (Å²) < 4.78 is 40.6. The number of nitrogens with two attached hydrogens (primary N) is 1. The van der Waals surface area contributed by atoms with Crippen molar-refractivity contribution >= 4 is 60.7 Å². The number of carbonyl (C=O) groups excluding carboxylic acids is 2. The van der Waals surface area contributed by atoms with Crippen LogP contribution >= 0.6 is 0 Å². The van der Waals surface area contributed by atoms with Gasteiger partial charge in [0, 0.05) is 27.5 Å². The molecule has 9 nitrogen and oxygen atoms in total. The van der Waals surface area contributed by atoms with E-state index >= 15 is 0 Å². The number of carbonyl (C=O) groups is 2. The molecule has 1 aliphatic rings. The highest BCUT2D eigenvalue weighted by atomic mass is 32.2. The Bertz CT molecular complexity index is 1900. The molecule has 3 heterocycles. The van der Waals surface area contributed by atoms with E-state index in [2.05, 4.69) is 9.97 Å². The van der Waals surface area contributed by atoms with Crippen molar-refractivity contribution in [1.82, 2.24) is 9.97 Å². The molecule has 0 aliphatic carbocycles. The molecule has 0 radical (unpaired) electrons. The molecule has 6 rings (SSSR count). The molecular weight excluding hydrogens is 523 g/mol. The quantitative estimate of drug-likeness (QED) is 0.128. The maximum atomic E-state index is 14.7. The molecular formula is C28H23FN4O5S. The number of nitrogens with zero attached hydrogens (tertiary/aromatic N) is 2. The Morgan fingerprint density at radius 1 is 1.00 bits per heavy atom. The van der Waals surface area contributed by atoms with E-state index in [1.165, 1.54) is 24.0 Å². The van der Waals surface area contributed by atoms with Crippen molar-refractivity contribution in [1.29, 1.82) is 0 Å². The van der Waals surface area contributed by atoms with E-state index in [0.717, 1.165) is 21.8 Å². The monoisotopic (exact) mass is 546 g/mol. The lowest BCUT2D eigenvalue weighted by molar-refractivity contribution is -0.120. The molecule has 4 N–H and O–H groups in total. The summed E-state index contributed by atoms with van der Waals surface area (Å²) in [6, 6.07) is 20.4. The highest BCUT2D eigenvalue weighted by Gasteiger charge is 2.55. The van der Waals surface area contributed by atoms with Crippen LogP contribution in [0.1, 0.15) is 23.0 Å². The number of H-pyrrole nitrogens is 1. The van der Waals surface area contributed by atoms with E-state index in [4.69, 9.17) is 10.3 Å². The van der Waals surface area contributed by atoms with Crippen molar-refractivity contribution in [2.24, 2.45) is 0 Å². The zero-order chi connectivity index (χ0) is 28.1. The number of ketones is 1. The Hall–Kier alpha value is -4.61. The van der Waals surface area contributed by atoms with Crippen molar-refractivity contribution in [3.05, 3.63) is 96.1 Å². The van der Waals surface area contributed by atoms with E-state index < -0.39 is 33.0 Å². The van der Waals surface area contributed by atoms with Crippen LogP contribution in [0.25, 0.3) is 21.8 Å². The van der Waals surface area contributed by atoms with E-state index in [1.54, 1.807) is 42.6 Å². The maximum Gasteiger partial charge on any atom is 0.261 e. The molecule has 1 amide bonds. The lowest BCUT2D eigenvalue weighted by atomic mass is 9.77. The zero-order valence-electron chi connectivity index (χ0n) is 20.8. The molecule has 0 unspecified atom stereocenters. The second-order valence-corrected chi connectivity index (χ2v) is 10.8. The third-order valence-electron chi connectivity index (χ3n) is 6.62. The van der Waals surface area contributed by atoms with Gasteiger partial charge in [-0.2, -0.15) is 8.42 Å². The number of hydrogen-bond donors (Lipinski definition) is 3. The number of nitrogens with one attached hydrogen (secondary N) is 1. The number of amides is 1. The predicted molar refractivity (Wildman–Crippen MR) is 147 cm³/mol. The van der Waals surface area contributed by atoms with E-state index in [-0.39, 0.29) is 17.1 Å². The van der Waals surface area contributed by atoms with Gasteiger partial charge in [-0.1, -0.05) is 36.4 Å². The SMILES string of the molecule is CS(=O)(=O)O.C[C@@]1(C(=O)c2cc3c(cn2)[nH]c2ccccc23)C(=O)N(c2ccccc2F)c2cccc(N)c21. The van der Waals surface area contributed by atoms with Gasteiger partial charge >= 0.3 is 0 Å². The van der Waals surface area contributed by atoms with Crippen LogP contribution in [0.3, 0.4) is 0 Å². The van der Waals surface area contributed by atoms with E-state index in [9.17, 15) is 22.4 Å². The van der Waals surface area contributed by atoms with E-state index in [1.807, 2.05) is 24.3 Å². The van der Waals surface area contributed by atoms with Gasteiger partial charge in [0.2, 0.25) is 11.7 Å². The van der Waals surface area contributed by atoms with Crippen molar-refractivity contribution in [2.75, 3.05) is 16.9 Å². The summed E-state index contributed by atoms with van der Waals surface area (Å²) in [5, 5.41) is 1.78. The van der Waals surface area contributed by atoms with Crippen LogP contribution < -0.4 is 10.6 Å². The van der Waals surface area contributed by atoms with Gasteiger partial charge in [0.1, 0.15) is 16.9 Å². The minimum atomic E-state index is -3.67. The second kappa shape index (κ2) is 9.29. The predicted octanol–water partition coefficient (Wildman–Crippen LogP) is 4.76. The average molecular weight is 547 g/mol. The highest BCUT2D eigenvalue weighted by molar-refractivity contribution is 7.85. The largest absolute Gasteiger partial charge is 0.398 e. The summed E-state index contributed by atoms with van der Waals surface area (Å²) in [7, 11) is -3.67. The van der Waals surface area contributed by atoms with Gasteiger partial charge in [-0.3, -0.25) is 24.0 Å². The van der Waals surface area contributed by atoms with Crippen molar-refractivity contribution in [2.45, 2.75) is 12.3 Å². The number of benzene rings is 3. The number of fused-ring (bicyclic) bond motifs is 4. The molecule has 0 saturated heterocycles. The minimum absolute atomic E-state index is 0.0657. The van der Waals surface area contributed by atoms with Gasteiger partial charge in [0.15, 0.2) is 0 Å². The molecule has 39 heavy (non-hydrogen) atoms.